The van der Waals surface area contributed by atoms with Crippen molar-refractivity contribution in [1.82, 2.24) is 9.36 Å². The van der Waals surface area contributed by atoms with Crippen LogP contribution in [0.2, 0.25) is 0 Å². The van der Waals surface area contributed by atoms with Gasteiger partial charge in [0.1, 0.15) is 0 Å². The largest absolute Gasteiger partial charge is 0.478 e. The number of benzene rings is 1. The standard InChI is InChI=1S/C29H38N2O4/c1-21(11-8-12-22(2)15-10-16-24(4)29(34)35)13-9-14-23(3)19-20-31-28(33)26-18-7-6-17-25(26)27(32)30(31)5/h6-7,12-13,16-19H,8-11,14-15,20H2,1-5H3,(H,34,35)/b21-13+,22-12+,23-19+,24-16+. The molecule has 0 saturated carbocycles. The van der Waals surface area contributed by atoms with E-state index in [-0.39, 0.29) is 11.1 Å². The number of hydrogen-bond acceptors (Lipinski definition) is 3. The molecule has 6 heteroatoms. The average Bonchev–Trinajstić information content (AvgIpc) is 2.82. The zero-order valence-electron chi connectivity index (χ0n) is 21.6. The predicted molar refractivity (Wildman–Crippen MR) is 144 cm³/mol. The Morgan fingerprint density at radius 2 is 1.23 bits per heavy atom. The Hall–Kier alpha value is -3.41. The van der Waals surface area contributed by atoms with E-state index in [1.54, 1.807) is 44.3 Å². The summed E-state index contributed by atoms with van der Waals surface area (Å²) in [6.07, 6.45) is 13.7. The van der Waals surface area contributed by atoms with Gasteiger partial charge < -0.3 is 5.11 Å². The maximum absolute atomic E-state index is 12.8. The Balaban J connectivity index is 1.85. The quantitative estimate of drug-likeness (QED) is 0.304. The molecule has 1 aromatic heterocycles. The summed E-state index contributed by atoms with van der Waals surface area (Å²) in [6, 6.07) is 6.94. The van der Waals surface area contributed by atoms with Crippen molar-refractivity contribution in [2.45, 2.75) is 72.8 Å². The number of nitrogens with zero attached hydrogens (tertiary/aromatic N) is 2. The number of rotatable bonds is 12. The van der Waals surface area contributed by atoms with Crippen molar-refractivity contribution in [3.8, 4) is 0 Å². The summed E-state index contributed by atoms with van der Waals surface area (Å²) in [5.74, 6) is -0.856. The molecule has 1 heterocycles. The molecule has 2 rings (SSSR count). The number of carboxylic acid groups (broad SMARTS) is 1. The predicted octanol–water partition coefficient (Wildman–Crippen LogP) is 5.91. The minimum absolute atomic E-state index is 0.154. The van der Waals surface area contributed by atoms with E-state index in [2.05, 4.69) is 32.9 Å². The fourth-order valence-electron chi connectivity index (χ4n) is 3.87. The lowest BCUT2D eigenvalue weighted by atomic mass is 10.0. The summed E-state index contributed by atoms with van der Waals surface area (Å²) in [5.41, 5.74) is 3.89. The van der Waals surface area contributed by atoms with Gasteiger partial charge in [-0.3, -0.25) is 9.59 Å². The minimum atomic E-state index is -0.856. The normalized spacial score (nSPS) is 13.5. The van der Waals surface area contributed by atoms with E-state index in [0.29, 0.717) is 22.9 Å². The molecule has 0 radical (unpaired) electrons. The molecule has 2 aromatic rings. The topological polar surface area (TPSA) is 81.3 Å². The van der Waals surface area contributed by atoms with Crippen molar-refractivity contribution < 1.29 is 9.90 Å². The second kappa shape index (κ2) is 13.5. The van der Waals surface area contributed by atoms with Crippen molar-refractivity contribution >= 4 is 16.7 Å². The van der Waals surface area contributed by atoms with Gasteiger partial charge in [-0.1, -0.05) is 53.2 Å². The summed E-state index contributed by atoms with van der Waals surface area (Å²) < 4.78 is 2.89. The molecular formula is C29H38N2O4. The molecule has 0 fully saturated rings. The van der Waals surface area contributed by atoms with E-state index in [0.717, 1.165) is 38.5 Å². The van der Waals surface area contributed by atoms with Gasteiger partial charge in [0.15, 0.2) is 0 Å². The highest BCUT2D eigenvalue weighted by atomic mass is 16.4. The summed E-state index contributed by atoms with van der Waals surface area (Å²) in [4.78, 5) is 36.2. The van der Waals surface area contributed by atoms with E-state index in [4.69, 9.17) is 5.11 Å². The third kappa shape index (κ3) is 8.39. The van der Waals surface area contributed by atoms with Gasteiger partial charge in [-0.2, -0.15) is 0 Å². The molecule has 0 aliphatic heterocycles. The summed E-state index contributed by atoms with van der Waals surface area (Å²) in [5, 5.41) is 9.79. The van der Waals surface area contributed by atoms with Crippen molar-refractivity contribution in [3.05, 3.63) is 91.6 Å². The Labute approximate surface area is 207 Å². The number of fused-ring (bicyclic) bond motifs is 1. The lowest BCUT2D eigenvalue weighted by Gasteiger charge is -2.12. The number of carboxylic acids is 1. The van der Waals surface area contributed by atoms with Crippen LogP contribution in [0.1, 0.15) is 66.2 Å². The van der Waals surface area contributed by atoms with Crippen LogP contribution in [0.3, 0.4) is 0 Å². The second-order valence-corrected chi connectivity index (χ2v) is 9.22. The molecule has 0 saturated heterocycles. The summed E-state index contributed by atoms with van der Waals surface area (Å²) in [7, 11) is 1.63. The number of carbonyl (C=O) groups is 1. The third-order valence-corrected chi connectivity index (χ3v) is 6.28. The molecule has 35 heavy (non-hydrogen) atoms. The molecule has 0 unspecified atom stereocenters. The highest BCUT2D eigenvalue weighted by molar-refractivity contribution is 5.85. The van der Waals surface area contributed by atoms with Gasteiger partial charge in [0.05, 0.1) is 17.3 Å². The lowest BCUT2D eigenvalue weighted by molar-refractivity contribution is -0.132. The Kier molecular flexibility index (Phi) is 10.7. The van der Waals surface area contributed by atoms with Crippen LogP contribution in [-0.2, 0) is 18.4 Å². The molecule has 0 aliphatic carbocycles. The highest BCUT2D eigenvalue weighted by Gasteiger charge is 2.09. The molecule has 0 amide bonds. The first-order valence-electron chi connectivity index (χ1n) is 12.2. The average molecular weight is 479 g/mol. The first kappa shape index (κ1) is 27.8. The zero-order valence-corrected chi connectivity index (χ0v) is 21.6. The van der Waals surface area contributed by atoms with Crippen LogP contribution in [0, 0.1) is 0 Å². The van der Waals surface area contributed by atoms with Gasteiger partial charge in [-0.25, -0.2) is 14.2 Å². The number of allylic oxidation sites excluding steroid dienone is 7. The Bertz CT molecular complexity index is 1290. The van der Waals surface area contributed by atoms with Gasteiger partial charge in [0.25, 0.3) is 11.1 Å². The molecule has 6 nitrogen and oxygen atoms in total. The van der Waals surface area contributed by atoms with E-state index >= 15 is 0 Å². The van der Waals surface area contributed by atoms with E-state index in [1.165, 1.54) is 26.1 Å². The molecule has 188 valence electrons. The van der Waals surface area contributed by atoms with E-state index in [1.807, 2.05) is 6.08 Å². The SMILES string of the molecule is C/C(=C\CC/C(C)=C/Cn1c(=O)c2ccccc2c(=O)n1C)CC/C=C(\C)CC/C=C(\C)C(=O)O. The van der Waals surface area contributed by atoms with Crippen LogP contribution >= 0.6 is 0 Å². The smallest absolute Gasteiger partial charge is 0.330 e. The Morgan fingerprint density at radius 3 is 1.74 bits per heavy atom. The van der Waals surface area contributed by atoms with Crippen LogP contribution < -0.4 is 11.1 Å². The van der Waals surface area contributed by atoms with Crippen molar-refractivity contribution in [2.24, 2.45) is 7.05 Å². The van der Waals surface area contributed by atoms with Crippen molar-refractivity contribution in [2.75, 3.05) is 0 Å². The number of aliphatic carboxylic acids is 1. The zero-order chi connectivity index (χ0) is 26.0. The van der Waals surface area contributed by atoms with Crippen LogP contribution in [0.25, 0.3) is 10.8 Å². The molecule has 0 spiro atoms. The maximum Gasteiger partial charge on any atom is 0.330 e. The third-order valence-electron chi connectivity index (χ3n) is 6.28. The van der Waals surface area contributed by atoms with Crippen LogP contribution in [-0.4, -0.2) is 20.4 Å². The molecule has 1 aromatic carbocycles. The van der Waals surface area contributed by atoms with Crippen LogP contribution in [0.15, 0.2) is 80.5 Å². The fraction of sp³-hybridized carbons (Fsp3) is 0.414. The van der Waals surface area contributed by atoms with Crippen molar-refractivity contribution in [1.29, 1.82) is 0 Å². The minimum Gasteiger partial charge on any atom is -0.478 e. The van der Waals surface area contributed by atoms with Gasteiger partial charge in [-0.05, 0) is 78.4 Å². The van der Waals surface area contributed by atoms with Gasteiger partial charge >= 0.3 is 5.97 Å². The second-order valence-electron chi connectivity index (χ2n) is 9.22. The molecular weight excluding hydrogens is 440 g/mol. The first-order valence-corrected chi connectivity index (χ1v) is 12.2. The van der Waals surface area contributed by atoms with Crippen LogP contribution in [0.5, 0.6) is 0 Å². The Morgan fingerprint density at radius 1 is 0.771 bits per heavy atom. The molecule has 1 N–H and O–H groups in total. The molecule has 0 bridgehead atoms. The highest BCUT2D eigenvalue weighted by Crippen LogP contribution is 2.14. The van der Waals surface area contributed by atoms with E-state index < -0.39 is 5.97 Å². The number of hydrogen-bond donors (Lipinski definition) is 1. The lowest BCUT2D eigenvalue weighted by Crippen LogP contribution is -2.36. The van der Waals surface area contributed by atoms with Gasteiger partial charge in [0, 0.05) is 12.6 Å². The monoisotopic (exact) mass is 478 g/mol. The van der Waals surface area contributed by atoms with Crippen LogP contribution in [0.4, 0.5) is 0 Å². The van der Waals surface area contributed by atoms with Crippen molar-refractivity contribution in [3.63, 3.8) is 0 Å². The van der Waals surface area contributed by atoms with E-state index in [9.17, 15) is 14.4 Å². The number of aromatic nitrogens is 2. The molecule has 0 aliphatic rings. The maximum atomic E-state index is 12.8. The molecule has 0 atom stereocenters. The fourth-order valence-corrected chi connectivity index (χ4v) is 3.87. The van der Waals surface area contributed by atoms with Gasteiger partial charge in [-0.15, -0.1) is 0 Å². The first-order chi connectivity index (χ1) is 16.6. The summed E-state index contributed by atoms with van der Waals surface area (Å²) in [6.45, 7) is 8.28. The van der Waals surface area contributed by atoms with Gasteiger partial charge in [0.2, 0.25) is 0 Å². The summed E-state index contributed by atoms with van der Waals surface area (Å²) >= 11 is 0.